The van der Waals surface area contributed by atoms with Gasteiger partial charge in [-0.2, -0.15) is 0 Å². The Labute approximate surface area is 197 Å². The summed E-state index contributed by atoms with van der Waals surface area (Å²) >= 11 is 0. The molecule has 1 aliphatic carbocycles. The standard InChI is InChI=1S/C25H30F3N3O3/c1-30(21-8-3-2-4-9-21)23(32)17-31(24(33)19-13-11-18(15-29)12-14-19)16-20-7-5-6-10-22(20)34-25(26,27)28/h2-10,18-19H,11-17,29H2,1H3. The highest BCUT2D eigenvalue weighted by atomic mass is 19.4. The molecule has 0 aromatic heterocycles. The molecule has 184 valence electrons. The topological polar surface area (TPSA) is 75.9 Å². The SMILES string of the molecule is CN(C(=O)CN(Cc1ccccc1OC(F)(F)F)C(=O)C1CCC(CN)CC1)c1ccccc1. The number of hydrogen-bond donors (Lipinski definition) is 1. The molecular weight excluding hydrogens is 447 g/mol. The Bertz CT molecular complexity index is 961. The second-order valence-electron chi connectivity index (χ2n) is 8.59. The molecule has 2 aromatic carbocycles. The zero-order valence-corrected chi connectivity index (χ0v) is 19.1. The highest BCUT2D eigenvalue weighted by molar-refractivity contribution is 5.96. The number of likely N-dealkylation sites (N-methyl/N-ethyl adjacent to an activating group) is 1. The summed E-state index contributed by atoms with van der Waals surface area (Å²) in [7, 11) is 1.60. The van der Waals surface area contributed by atoms with Crippen LogP contribution in [0.4, 0.5) is 18.9 Å². The molecule has 0 heterocycles. The maximum Gasteiger partial charge on any atom is 0.573 e. The number of rotatable bonds is 8. The number of para-hydroxylation sites is 2. The molecule has 1 aliphatic rings. The Morgan fingerprint density at radius 1 is 1.00 bits per heavy atom. The van der Waals surface area contributed by atoms with E-state index in [9.17, 15) is 22.8 Å². The average Bonchev–Trinajstić information content (AvgIpc) is 2.83. The second kappa shape index (κ2) is 11.4. The molecule has 6 nitrogen and oxygen atoms in total. The number of nitrogens with two attached hydrogens (primary N) is 1. The molecule has 1 saturated carbocycles. The van der Waals surface area contributed by atoms with Gasteiger partial charge >= 0.3 is 6.36 Å². The van der Waals surface area contributed by atoms with Gasteiger partial charge in [-0.15, -0.1) is 13.2 Å². The summed E-state index contributed by atoms with van der Waals surface area (Å²) in [6.45, 7) is 0.130. The summed E-state index contributed by atoms with van der Waals surface area (Å²) < 4.78 is 42.9. The number of nitrogens with zero attached hydrogens (tertiary/aromatic N) is 2. The minimum Gasteiger partial charge on any atom is -0.405 e. The zero-order valence-electron chi connectivity index (χ0n) is 19.1. The van der Waals surface area contributed by atoms with Crippen LogP contribution in [0.1, 0.15) is 31.2 Å². The molecule has 0 unspecified atom stereocenters. The lowest BCUT2D eigenvalue weighted by molar-refractivity contribution is -0.275. The molecule has 2 aromatic rings. The molecule has 9 heteroatoms. The fourth-order valence-corrected chi connectivity index (χ4v) is 4.24. The molecule has 0 bridgehead atoms. The normalized spacial score (nSPS) is 18.3. The van der Waals surface area contributed by atoms with Gasteiger partial charge in [-0.05, 0) is 56.3 Å². The van der Waals surface area contributed by atoms with Gasteiger partial charge in [-0.3, -0.25) is 9.59 Å². The van der Waals surface area contributed by atoms with Crippen LogP contribution >= 0.6 is 0 Å². The Morgan fingerprint density at radius 3 is 2.24 bits per heavy atom. The highest BCUT2D eigenvalue weighted by Crippen LogP contribution is 2.31. The van der Waals surface area contributed by atoms with Crippen molar-refractivity contribution in [2.45, 2.75) is 38.6 Å². The molecule has 0 aliphatic heterocycles. The van der Waals surface area contributed by atoms with E-state index < -0.39 is 6.36 Å². The summed E-state index contributed by atoms with van der Waals surface area (Å²) in [6.07, 6.45) is -1.96. The third kappa shape index (κ3) is 6.96. The number of anilines is 1. The predicted octanol–water partition coefficient (Wildman–Crippen LogP) is 4.34. The predicted molar refractivity (Wildman–Crippen MR) is 123 cm³/mol. The highest BCUT2D eigenvalue weighted by Gasteiger charge is 2.34. The minimum atomic E-state index is -4.87. The Kier molecular flexibility index (Phi) is 8.55. The summed E-state index contributed by atoms with van der Waals surface area (Å²) in [6, 6.07) is 14.6. The van der Waals surface area contributed by atoms with E-state index >= 15 is 0 Å². The maximum atomic E-state index is 13.4. The summed E-state index contributed by atoms with van der Waals surface area (Å²) in [5, 5.41) is 0. The van der Waals surface area contributed by atoms with Gasteiger partial charge in [0.05, 0.1) is 0 Å². The first kappa shape index (κ1) is 25.6. The first-order valence-electron chi connectivity index (χ1n) is 11.3. The van der Waals surface area contributed by atoms with Gasteiger partial charge < -0.3 is 20.3 Å². The van der Waals surface area contributed by atoms with Crippen LogP contribution in [0.25, 0.3) is 0 Å². The number of carbonyl (C=O) groups excluding carboxylic acids is 2. The number of ether oxygens (including phenoxy) is 1. The van der Waals surface area contributed by atoms with Crippen LogP contribution < -0.4 is 15.4 Å². The van der Waals surface area contributed by atoms with Gasteiger partial charge in [-0.1, -0.05) is 36.4 Å². The lowest BCUT2D eigenvalue weighted by Gasteiger charge is -2.32. The van der Waals surface area contributed by atoms with Crippen molar-refractivity contribution in [2.24, 2.45) is 17.6 Å². The number of halogens is 3. The van der Waals surface area contributed by atoms with Crippen LogP contribution in [0, 0.1) is 11.8 Å². The van der Waals surface area contributed by atoms with Gasteiger partial charge in [0, 0.05) is 30.8 Å². The second-order valence-corrected chi connectivity index (χ2v) is 8.59. The fourth-order valence-electron chi connectivity index (χ4n) is 4.24. The molecule has 34 heavy (non-hydrogen) atoms. The molecule has 2 amide bonds. The Morgan fingerprint density at radius 2 is 1.62 bits per heavy atom. The molecular formula is C25H30F3N3O3. The molecule has 2 N–H and O–H groups in total. The third-order valence-electron chi connectivity index (χ3n) is 6.24. The van der Waals surface area contributed by atoms with Crippen molar-refractivity contribution in [1.82, 2.24) is 4.90 Å². The van der Waals surface area contributed by atoms with E-state index in [1.54, 1.807) is 37.4 Å². The van der Waals surface area contributed by atoms with Crippen molar-refractivity contribution in [3.05, 3.63) is 60.2 Å². The van der Waals surface area contributed by atoms with Crippen molar-refractivity contribution >= 4 is 17.5 Å². The van der Waals surface area contributed by atoms with Crippen LogP contribution in [0.15, 0.2) is 54.6 Å². The van der Waals surface area contributed by atoms with Crippen molar-refractivity contribution in [2.75, 3.05) is 25.0 Å². The average molecular weight is 478 g/mol. The van der Waals surface area contributed by atoms with Crippen LogP contribution in [0.2, 0.25) is 0 Å². The lowest BCUT2D eigenvalue weighted by atomic mass is 9.81. The van der Waals surface area contributed by atoms with Gasteiger partial charge in [0.15, 0.2) is 0 Å². The van der Waals surface area contributed by atoms with E-state index in [0.29, 0.717) is 31.0 Å². The smallest absolute Gasteiger partial charge is 0.405 e. The van der Waals surface area contributed by atoms with Gasteiger partial charge in [-0.25, -0.2) is 0 Å². The fraction of sp³-hybridized carbons (Fsp3) is 0.440. The number of amides is 2. The van der Waals surface area contributed by atoms with Crippen molar-refractivity contribution in [1.29, 1.82) is 0 Å². The number of carbonyl (C=O) groups is 2. The van der Waals surface area contributed by atoms with E-state index in [0.717, 1.165) is 12.8 Å². The maximum absolute atomic E-state index is 13.4. The quantitative estimate of drug-likeness (QED) is 0.614. The minimum absolute atomic E-state index is 0.170. The number of alkyl halides is 3. The van der Waals surface area contributed by atoms with E-state index in [-0.39, 0.29) is 42.1 Å². The van der Waals surface area contributed by atoms with E-state index in [4.69, 9.17) is 5.73 Å². The number of hydrogen-bond acceptors (Lipinski definition) is 4. The molecule has 1 fully saturated rings. The van der Waals surface area contributed by atoms with Gasteiger partial charge in [0.2, 0.25) is 11.8 Å². The van der Waals surface area contributed by atoms with Crippen molar-refractivity contribution in [3.63, 3.8) is 0 Å². The molecule has 0 saturated heterocycles. The van der Waals surface area contributed by atoms with Crippen LogP contribution in [-0.4, -0.2) is 43.2 Å². The van der Waals surface area contributed by atoms with Crippen molar-refractivity contribution < 1.29 is 27.5 Å². The summed E-state index contributed by atoms with van der Waals surface area (Å²) in [4.78, 5) is 29.3. The number of benzene rings is 2. The molecule has 0 atom stereocenters. The Balaban J connectivity index is 1.82. The first-order valence-corrected chi connectivity index (χ1v) is 11.3. The van der Waals surface area contributed by atoms with Crippen LogP contribution in [0.3, 0.4) is 0 Å². The van der Waals surface area contributed by atoms with Gasteiger partial charge in [0.25, 0.3) is 0 Å². The third-order valence-corrected chi connectivity index (χ3v) is 6.24. The first-order chi connectivity index (χ1) is 16.2. The summed E-state index contributed by atoms with van der Waals surface area (Å²) in [5.74, 6) is -0.905. The van der Waals surface area contributed by atoms with E-state index in [1.165, 1.54) is 28.0 Å². The van der Waals surface area contributed by atoms with E-state index in [1.807, 2.05) is 6.07 Å². The largest absolute Gasteiger partial charge is 0.573 e. The Hall–Kier alpha value is -3.07. The molecule has 3 rings (SSSR count). The van der Waals surface area contributed by atoms with Gasteiger partial charge in [0.1, 0.15) is 12.3 Å². The van der Waals surface area contributed by atoms with Crippen LogP contribution in [-0.2, 0) is 16.1 Å². The zero-order chi connectivity index (χ0) is 24.7. The lowest BCUT2D eigenvalue weighted by Crippen LogP contribution is -2.44. The molecule has 0 spiro atoms. The monoisotopic (exact) mass is 477 g/mol. The molecule has 0 radical (unpaired) electrons. The summed E-state index contributed by atoms with van der Waals surface area (Å²) in [5.41, 5.74) is 6.59. The van der Waals surface area contributed by atoms with E-state index in [2.05, 4.69) is 4.74 Å². The van der Waals surface area contributed by atoms with Crippen molar-refractivity contribution in [3.8, 4) is 5.75 Å². The van der Waals surface area contributed by atoms with Crippen LogP contribution in [0.5, 0.6) is 5.75 Å².